The van der Waals surface area contributed by atoms with Crippen LogP contribution < -0.4 is 11.1 Å². The van der Waals surface area contributed by atoms with Crippen LogP contribution in [-0.2, 0) is 0 Å². The Labute approximate surface area is 116 Å². The van der Waals surface area contributed by atoms with Crippen molar-refractivity contribution in [3.05, 3.63) is 38.7 Å². The van der Waals surface area contributed by atoms with Crippen molar-refractivity contribution in [1.82, 2.24) is 4.98 Å². The summed E-state index contributed by atoms with van der Waals surface area (Å²) >= 11 is 6.98. The summed E-state index contributed by atoms with van der Waals surface area (Å²) in [5, 5.41) is 22.7. The van der Waals surface area contributed by atoms with E-state index >= 15 is 0 Å². The minimum atomic E-state index is -0.549. The lowest BCUT2D eigenvalue weighted by Gasteiger charge is -1.99. The molecule has 0 aliphatic rings. The molecule has 9 heteroatoms. The monoisotopic (exact) mass is 297 g/mol. The maximum Gasteiger partial charge on any atom is 0.288 e. The zero-order chi connectivity index (χ0) is 14.0. The number of hydrogen-bond acceptors (Lipinski definition) is 5. The number of benzene rings is 1. The predicted molar refractivity (Wildman–Crippen MR) is 74.8 cm³/mol. The number of thiazole rings is 1. The first kappa shape index (κ1) is 13.2. The molecule has 4 N–H and O–H groups in total. The first-order chi connectivity index (χ1) is 8.97. The van der Waals surface area contributed by atoms with Gasteiger partial charge in [-0.25, -0.2) is 4.98 Å². The lowest BCUT2D eigenvalue weighted by atomic mass is 10.1. The summed E-state index contributed by atoms with van der Waals surface area (Å²) in [4.78, 5) is 14.4. The number of hydrogen-bond donors (Lipinski definition) is 3. The Bertz CT molecular complexity index is 657. The van der Waals surface area contributed by atoms with Crippen LogP contribution in [0, 0.1) is 15.5 Å². The molecule has 0 saturated heterocycles. The van der Waals surface area contributed by atoms with Crippen LogP contribution in [0.15, 0.2) is 23.6 Å². The fourth-order valence-corrected chi connectivity index (χ4v) is 2.31. The maximum atomic E-state index is 10.8. The number of rotatable bonds is 3. The Morgan fingerprint density at radius 1 is 1.58 bits per heavy atom. The van der Waals surface area contributed by atoms with Gasteiger partial charge in [0.05, 0.1) is 10.6 Å². The molecule has 0 amide bonds. The van der Waals surface area contributed by atoms with Gasteiger partial charge in [0.15, 0.2) is 11.1 Å². The fraction of sp³-hybridized carbons (Fsp3) is 0. The number of aromatic nitrogens is 1. The lowest BCUT2D eigenvalue weighted by Crippen LogP contribution is -2.20. The third kappa shape index (κ3) is 2.98. The number of nitrogens with two attached hydrogens (primary N) is 1. The van der Waals surface area contributed by atoms with Gasteiger partial charge in [0.1, 0.15) is 5.02 Å². The van der Waals surface area contributed by atoms with Gasteiger partial charge in [-0.2, -0.15) is 0 Å². The van der Waals surface area contributed by atoms with E-state index in [1.165, 1.54) is 23.5 Å². The number of nitro groups is 1. The number of anilines is 1. The summed E-state index contributed by atoms with van der Waals surface area (Å²) in [6.45, 7) is 0. The van der Waals surface area contributed by atoms with E-state index in [4.69, 9.17) is 22.7 Å². The van der Waals surface area contributed by atoms with Crippen LogP contribution >= 0.6 is 22.9 Å². The van der Waals surface area contributed by atoms with Gasteiger partial charge in [0, 0.05) is 17.0 Å². The van der Waals surface area contributed by atoms with Crippen molar-refractivity contribution >= 4 is 39.7 Å². The molecule has 0 atom stereocenters. The molecule has 0 aliphatic heterocycles. The largest absolute Gasteiger partial charge is 0.370 e. The molecule has 1 aromatic carbocycles. The molecule has 0 bridgehead atoms. The molecule has 98 valence electrons. The van der Waals surface area contributed by atoms with Gasteiger partial charge in [-0.15, -0.1) is 11.3 Å². The number of nitrogens with one attached hydrogen (secondary N) is 2. The van der Waals surface area contributed by atoms with Crippen molar-refractivity contribution in [2.75, 3.05) is 5.32 Å². The van der Waals surface area contributed by atoms with Gasteiger partial charge in [0.25, 0.3) is 5.69 Å². The second kappa shape index (κ2) is 5.21. The van der Waals surface area contributed by atoms with Gasteiger partial charge in [-0.1, -0.05) is 17.7 Å². The molecular formula is C10H8ClN5O2S. The van der Waals surface area contributed by atoms with Gasteiger partial charge >= 0.3 is 0 Å². The highest BCUT2D eigenvalue weighted by atomic mass is 35.5. The fourth-order valence-electron chi connectivity index (χ4n) is 1.39. The molecule has 0 radical (unpaired) electrons. The molecular weight excluding hydrogens is 290 g/mol. The average Bonchev–Trinajstić information content (AvgIpc) is 2.76. The number of nitrogens with zero attached hydrogens (tertiary/aromatic N) is 2. The molecule has 0 spiro atoms. The second-order valence-corrected chi connectivity index (χ2v) is 4.77. The number of nitro benzene ring substituents is 1. The summed E-state index contributed by atoms with van der Waals surface area (Å²) in [5.74, 6) is -0.219. The Morgan fingerprint density at radius 3 is 2.95 bits per heavy atom. The summed E-state index contributed by atoms with van der Waals surface area (Å²) < 4.78 is 0. The van der Waals surface area contributed by atoms with E-state index in [1.807, 2.05) is 0 Å². The average molecular weight is 298 g/mol. The van der Waals surface area contributed by atoms with Crippen molar-refractivity contribution in [2.24, 2.45) is 5.73 Å². The van der Waals surface area contributed by atoms with E-state index in [9.17, 15) is 10.1 Å². The molecule has 0 unspecified atom stereocenters. The Kier molecular flexibility index (Phi) is 3.63. The molecule has 19 heavy (non-hydrogen) atoms. The topological polar surface area (TPSA) is 118 Å². The first-order valence-corrected chi connectivity index (χ1v) is 6.24. The highest BCUT2D eigenvalue weighted by Gasteiger charge is 2.15. The van der Waals surface area contributed by atoms with E-state index in [0.29, 0.717) is 16.4 Å². The van der Waals surface area contributed by atoms with Crippen molar-refractivity contribution in [3.63, 3.8) is 0 Å². The van der Waals surface area contributed by atoms with Crippen LogP contribution in [0.2, 0.25) is 5.02 Å². The SMILES string of the molecule is N=C(N)Nc1nc(-c2ccc(Cl)c([N+](=O)[O-])c2)cs1. The summed E-state index contributed by atoms with van der Waals surface area (Å²) in [7, 11) is 0. The second-order valence-electron chi connectivity index (χ2n) is 3.50. The smallest absolute Gasteiger partial charge is 0.288 e. The molecule has 0 saturated carbocycles. The molecule has 1 aromatic heterocycles. The molecule has 0 aliphatic carbocycles. The Balaban J connectivity index is 2.36. The molecule has 2 rings (SSSR count). The molecule has 0 fully saturated rings. The standard InChI is InChI=1S/C10H8ClN5O2S/c11-6-2-1-5(3-8(6)16(17)18)7-4-19-10(14-7)15-9(12)13/h1-4H,(H4,12,13,14,15). The zero-order valence-corrected chi connectivity index (χ0v) is 11.0. The van der Waals surface area contributed by atoms with Crippen molar-refractivity contribution in [2.45, 2.75) is 0 Å². The Hall–Kier alpha value is -2.19. The van der Waals surface area contributed by atoms with Gasteiger partial charge in [-0.3, -0.25) is 15.5 Å². The predicted octanol–water partition coefficient (Wildman–Crippen LogP) is 2.68. The third-order valence-electron chi connectivity index (χ3n) is 2.18. The minimum absolute atomic E-state index is 0.0751. The van der Waals surface area contributed by atoms with Crippen LogP contribution in [0.3, 0.4) is 0 Å². The van der Waals surface area contributed by atoms with E-state index in [2.05, 4.69) is 10.3 Å². The summed E-state index contributed by atoms with van der Waals surface area (Å²) in [6, 6.07) is 4.45. The molecule has 2 aromatic rings. The Morgan fingerprint density at radius 2 is 2.32 bits per heavy atom. The van der Waals surface area contributed by atoms with Crippen molar-refractivity contribution in [3.8, 4) is 11.3 Å². The quantitative estimate of drug-likeness (QED) is 0.348. The third-order valence-corrected chi connectivity index (χ3v) is 3.26. The molecule has 1 heterocycles. The maximum absolute atomic E-state index is 10.8. The minimum Gasteiger partial charge on any atom is -0.370 e. The van der Waals surface area contributed by atoms with Gasteiger partial charge < -0.3 is 11.1 Å². The van der Waals surface area contributed by atoms with Crippen molar-refractivity contribution in [1.29, 1.82) is 5.41 Å². The van der Waals surface area contributed by atoms with Crippen molar-refractivity contribution < 1.29 is 4.92 Å². The first-order valence-electron chi connectivity index (χ1n) is 4.98. The normalized spacial score (nSPS) is 10.2. The van der Waals surface area contributed by atoms with Crippen LogP contribution in [-0.4, -0.2) is 15.9 Å². The number of guanidine groups is 1. The number of halogens is 1. The van der Waals surface area contributed by atoms with E-state index in [0.717, 1.165) is 0 Å². The lowest BCUT2D eigenvalue weighted by molar-refractivity contribution is -0.384. The van der Waals surface area contributed by atoms with Crippen LogP contribution in [0.1, 0.15) is 0 Å². The van der Waals surface area contributed by atoms with Crippen LogP contribution in [0.4, 0.5) is 10.8 Å². The summed E-state index contributed by atoms with van der Waals surface area (Å²) in [6.07, 6.45) is 0. The van der Waals surface area contributed by atoms with E-state index in [1.54, 1.807) is 11.4 Å². The highest BCUT2D eigenvalue weighted by molar-refractivity contribution is 7.14. The van der Waals surface area contributed by atoms with Gasteiger partial charge in [-0.05, 0) is 6.07 Å². The highest BCUT2D eigenvalue weighted by Crippen LogP contribution is 2.31. The van der Waals surface area contributed by atoms with Crippen LogP contribution in [0.25, 0.3) is 11.3 Å². The molecule has 7 nitrogen and oxygen atoms in total. The van der Waals surface area contributed by atoms with Gasteiger partial charge in [0.2, 0.25) is 0 Å². The zero-order valence-electron chi connectivity index (χ0n) is 9.38. The van der Waals surface area contributed by atoms with E-state index < -0.39 is 4.92 Å². The van der Waals surface area contributed by atoms with Crippen LogP contribution in [0.5, 0.6) is 0 Å². The van der Waals surface area contributed by atoms with E-state index in [-0.39, 0.29) is 16.7 Å². The summed E-state index contributed by atoms with van der Waals surface area (Å²) in [5.41, 5.74) is 6.14.